The van der Waals surface area contributed by atoms with Gasteiger partial charge in [0.05, 0.1) is 11.6 Å². The standard InChI is InChI=1S/C26H27NO4/c1-5-15-27-23(19-9-7-18(8-10-19)17(3)4)22(25(29)26(27)30)24(28)20-11-13-21(14-12-20)31-16-6-2/h5-14,17,23,28H,1-2,15-16H2,3-4H3/b24-22+. The lowest BCUT2D eigenvalue weighted by atomic mass is 9.93. The van der Waals surface area contributed by atoms with E-state index in [1.807, 2.05) is 24.3 Å². The van der Waals surface area contributed by atoms with Gasteiger partial charge in [-0.1, -0.05) is 56.8 Å². The number of likely N-dealkylation sites (tertiary alicyclic amines) is 1. The number of carbonyl (C=O) groups excluding carboxylic acids is 2. The van der Waals surface area contributed by atoms with Gasteiger partial charge in [-0.2, -0.15) is 0 Å². The van der Waals surface area contributed by atoms with Crippen molar-refractivity contribution in [2.24, 2.45) is 0 Å². The Labute approximate surface area is 183 Å². The lowest BCUT2D eigenvalue weighted by molar-refractivity contribution is -0.139. The number of ketones is 1. The molecule has 0 bridgehead atoms. The molecule has 1 N–H and O–H groups in total. The average Bonchev–Trinajstić information content (AvgIpc) is 3.03. The summed E-state index contributed by atoms with van der Waals surface area (Å²) in [5.41, 5.74) is 2.42. The van der Waals surface area contributed by atoms with E-state index >= 15 is 0 Å². The summed E-state index contributed by atoms with van der Waals surface area (Å²) in [6.07, 6.45) is 3.21. The molecule has 0 aliphatic carbocycles. The Bertz CT molecular complexity index is 1020. The molecule has 1 aliphatic rings. The number of aliphatic hydroxyl groups is 1. The van der Waals surface area contributed by atoms with Gasteiger partial charge in [-0.25, -0.2) is 0 Å². The second-order valence-electron chi connectivity index (χ2n) is 7.69. The molecule has 1 saturated heterocycles. The van der Waals surface area contributed by atoms with E-state index in [-0.39, 0.29) is 17.9 Å². The Morgan fingerprint density at radius 2 is 1.71 bits per heavy atom. The van der Waals surface area contributed by atoms with Gasteiger partial charge in [0, 0.05) is 12.1 Å². The van der Waals surface area contributed by atoms with Gasteiger partial charge in [-0.3, -0.25) is 9.59 Å². The molecule has 0 aromatic heterocycles. The zero-order chi connectivity index (χ0) is 22.5. The number of carbonyl (C=O) groups is 2. The first-order valence-corrected chi connectivity index (χ1v) is 10.2. The van der Waals surface area contributed by atoms with Crippen LogP contribution in [0.15, 0.2) is 79.4 Å². The van der Waals surface area contributed by atoms with E-state index in [4.69, 9.17) is 4.74 Å². The third-order valence-electron chi connectivity index (χ3n) is 5.28. The number of aliphatic hydroxyl groups excluding tert-OH is 1. The number of amides is 1. The van der Waals surface area contributed by atoms with Crippen molar-refractivity contribution < 1.29 is 19.4 Å². The molecule has 31 heavy (non-hydrogen) atoms. The largest absolute Gasteiger partial charge is 0.507 e. The monoisotopic (exact) mass is 417 g/mol. The van der Waals surface area contributed by atoms with Crippen LogP contribution in [0.2, 0.25) is 0 Å². The summed E-state index contributed by atoms with van der Waals surface area (Å²) in [4.78, 5) is 27.1. The van der Waals surface area contributed by atoms with Gasteiger partial charge >= 0.3 is 0 Å². The van der Waals surface area contributed by atoms with Crippen molar-refractivity contribution in [1.29, 1.82) is 0 Å². The summed E-state index contributed by atoms with van der Waals surface area (Å²) >= 11 is 0. The second-order valence-corrected chi connectivity index (χ2v) is 7.69. The summed E-state index contributed by atoms with van der Waals surface area (Å²) < 4.78 is 5.47. The van der Waals surface area contributed by atoms with Crippen LogP contribution in [-0.4, -0.2) is 34.8 Å². The minimum atomic E-state index is -0.704. The smallest absolute Gasteiger partial charge is 0.295 e. The summed E-state index contributed by atoms with van der Waals surface area (Å²) in [6, 6.07) is 13.8. The van der Waals surface area contributed by atoms with E-state index in [0.29, 0.717) is 23.8 Å². The number of hydrogen-bond donors (Lipinski definition) is 1. The maximum absolute atomic E-state index is 12.9. The van der Waals surface area contributed by atoms with Crippen LogP contribution in [0, 0.1) is 0 Å². The normalized spacial score (nSPS) is 17.8. The maximum atomic E-state index is 12.9. The Kier molecular flexibility index (Phi) is 6.75. The molecule has 1 heterocycles. The molecule has 5 nitrogen and oxygen atoms in total. The number of nitrogens with zero attached hydrogens (tertiary/aromatic N) is 1. The first-order chi connectivity index (χ1) is 14.9. The fourth-order valence-electron chi connectivity index (χ4n) is 3.64. The minimum Gasteiger partial charge on any atom is -0.507 e. The first kappa shape index (κ1) is 22.1. The van der Waals surface area contributed by atoms with Gasteiger partial charge in [0.1, 0.15) is 18.1 Å². The van der Waals surface area contributed by atoms with Crippen molar-refractivity contribution in [1.82, 2.24) is 4.90 Å². The molecular formula is C26H27NO4. The Morgan fingerprint density at radius 1 is 1.06 bits per heavy atom. The summed E-state index contributed by atoms with van der Waals surface area (Å²) in [7, 11) is 0. The molecule has 1 amide bonds. The second kappa shape index (κ2) is 9.47. The van der Waals surface area contributed by atoms with E-state index in [9.17, 15) is 14.7 Å². The van der Waals surface area contributed by atoms with Crippen LogP contribution in [0.3, 0.4) is 0 Å². The molecule has 1 fully saturated rings. The van der Waals surface area contributed by atoms with Crippen LogP contribution in [0.25, 0.3) is 5.76 Å². The van der Waals surface area contributed by atoms with Gasteiger partial charge in [0.2, 0.25) is 0 Å². The van der Waals surface area contributed by atoms with E-state index < -0.39 is 17.7 Å². The van der Waals surface area contributed by atoms with Gasteiger partial charge in [0.15, 0.2) is 0 Å². The molecule has 160 valence electrons. The third-order valence-corrected chi connectivity index (χ3v) is 5.28. The summed E-state index contributed by atoms with van der Waals surface area (Å²) in [5.74, 6) is -0.590. The van der Waals surface area contributed by atoms with E-state index in [1.165, 1.54) is 4.90 Å². The topological polar surface area (TPSA) is 66.8 Å². The zero-order valence-corrected chi connectivity index (χ0v) is 17.9. The molecule has 0 radical (unpaired) electrons. The highest BCUT2D eigenvalue weighted by Gasteiger charge is 2.45. The lowest BCUT2D eigenvalue weighted by Gasteiger charge is -2.24. The number of Topliss-reactive ketones (excluding diaryl/α,β-unsaturated/α-hetero) is 1. The Hall–Kier alpha value is -3.60. The predicted molar refractivity (Wildman–Crippen MR) is 122 cm³/mol. The van der Waals surface area contributed by atoms with Crippen molar-refractivity contribution >= 4 is 17.4 Å². The van der Waals surface area contributed by atoms with Gasteiger partial charge in [0.25, 0.3) is 11.7 Å². The van der Waals surface area contributed by atoms with E-state index in [0.717, 1.165) is 11.1 Å². The van der Waals surface area contributed by atoms with Crippen molar-refractivity contribution in [2.75, 3.05) is 13.2 Å². The molecule has 0 saturated carbocycles. The maximum Gasteiger partial charge on any atom is 0.295 e. The summed E-state index contributed by atoms with van der Waals surface area (Å²) in [5, 5.41) is 11.0. The van der Waals surface area contributed by atoms with Crippen molar-refractivity contribution in [3.63, 3.8) is 0 Å². The average molecular weight is 418 g/mol. The summed E-state index contributed by atoms with van der Waals surface area (Å²) in [6.45, 7) is 12.1. The molecule has 1 aliphatic heterocycles. The first-order valence-electron chi connectivity index (χ1n) is 10.2. The van der Waals surface area contributed by atoms with Crippen LogP contribution in [0.4, 0.5) is 0 Å². The number of benzene rings is 2. The molecule has 0 spiro atoms. The van der Waals surface area contributed by atoms with E-state index in [1.54, 1.807) is 36.4 Å². The molecule has 1 unspecified atom stereocenters. The highest BCUT2D eigenvalue weighted by Crippen LogP contribution is 2.39. The highest BCUT2D eigenvalue weighted by atomic mass is 16.5. The van der Waals surface area contributed by atoms with Crippen molar-refractivity contribution in [2.45, 2.75) is 25.8 Å². The minimum absolute atomic E-state index is 0.0731. The van der Waals surface area contributed by atoms with Crippen LogP contribution >= 0.6 is 0 Å². The van der Waals surface area contributed by atoms with Gasteiger partial charge in [-0.15, -0.1) is 6.58 Å². The molecule has 1 atom stereocenters. The predicted octanol–water partition coefficient (Wildman–Crippen LogP) is 4.98. The van der Waals surface area contributed by atoms with Crippen LogP contribution in [-0.2, 0) is 9.59 Å². The molecule has 5 heteroatoms. The highest BCUT2D eigenvalue weighted by molar-refractivity contribution is 6.46. The van der Waals surface area contributed by atoms with Crippen LogP contribution in [0.1, 0.15) is 42.5 Å². The Balaban J connectivity index is 2.07. The van der Waals surface area contributed by atoms with Gasteiger partial charge < -0.3 is 14.7 Å². The molecule has 3 rings (SSSR count). The number of hydrogen-bond acceptors (Lipinski definition) is 4. The molecule has 2 aromatic carbocycles. The fraction of sp³-hybridized carbons (Fsp3) is 0.231. The number of ether oxygens (including phenoxy) is 1. The van der Waals surface area contributed by atoms with Crippen LogP contribution in [0.5, 0.6) is 5.75 Å². The number of rotatable bonds is 8. The van der Waals surface area contributed by atoms with Crippen molar-refractivity contribution in [3.8, 4) is 5.75 Å². The zero-order valence-electron chi connectivity index (χ0n) is 17.9. The fourth-order valence-corrected chi connectivity index (χ4v) is 3.64. The van der Waals surface area contributed by atoms with Crippen molar-refractivity contribution in [3.05, 3.63) is 96.1 Å². The van der Waals surface area contributed by atoms with Gasteiger partial charge in [-0.05, 0) is 41.3 Å². The van der Waals surface area contributed by atoms with E-state index in [2.05, 4.69) is 27.0 Å². The third kappa shape index (κ3) is 4.45. The lowest BCUT2D eigenvalue weighted by Crippen LogP contribution is -2.29. The molecular weight excluding hydrogens is 390 g/mol. The molecule has 2 aromatic rings. The Morgan fingerprint density at radius 3 is 2.26 bits per heavy atom. The SMILES string of the molecule is C=CCOc1ccc(/C(O)=C2\C(=O)C(=O)N(CC=C)C2c2ccc(C(C)C)cc2)cc1. The van der Waals surface area contributed by atoms with Crippen LogP contribution < -0.4 is 4.74 Å². The quantitative estimate of drug-likeness (QED) is 0.285.